The minimum Gasteiger partial charge on any atom is -0.444 e. The molecule has 6 nitrogen and oxygen atoms in total. The van der Waals surface area contributed by atoms with Crippen molar-refractivity contribution >= 4 is 12.0 Å². The van der Waals surface area contributed by atoms with Gasteiger partial charge in [0.2, 0.25) is 5.91 Å². The van der Waals surface area contributed by atoms with Gasteiger partial charge >= 0.3 is 6.09 Å². The average Bonchev–Trinajstić information content (AvgIpc) is 2.25. The van der Waals surface area contributed by atoms with E-state index >= 15 is 0 Å². The van der Waals surface area contributed by atoms with Gasteiger partial charge in [-0.25, -0.2) is 4.79 Å². The van der Waals surface area contributed by atoms with E-state index in [1.54, 1.807) is 16.7 Å². The van der Waals surface area contributed by atoms with Crippen LogP contribution in [0.15, 0.2) is 0 Å². The highest BCUT2D eigenvalue weighted by Crippen LogP contribution is 2.15. The molecule has 0 radical (unpaired) electrons. The quantitative estimate of drug-likeness (QED) is 0.765. The van der Waals surface area contributed by atoms with E-state index in [-0.39, 0.29) is 18.0 Å². The molecule has 2 amide bonds. The smallest absolute Gasteiger partial charge is 0.410 e. The minimum atomic E-state index is -0.504. The number of nitrogens with zero attached hydrogens (tertiary/aromatic N) is 2. The van der Waals surface area contributed by atoms with E-state index in [4.69, 9.17) is 10.5 Å². The zero-order valence-corrected chi connectivity index (χ0v) is 12.5. The number of amides is 2. The normalized spacial score (nSPS) is 22.1. The highest BCUT2D eigenvalue weighted by Gasteiger charge is 2.32. The lowest BCUT2D eigenvalue weighted by molar-refractivity contribution is -0.136. The maximum Gasteiger partial charge on any atom is 0.410 e. The summed E-state index contributed by atoms with van der Waals surface area (Å²) in [5.41, 5.74) is 5.11. The first-order valence-corrected chi connectivity index (χ1v) is 6.66. The van der Waals surface area contributed by atoms with Crippen molar-refractivity contribution in [2.24, 2.45) is 5.73 Å². The Balaban J connectivity index is 2.59. The van der Waals surface area contributed by atoms with E-state index in [2.05, 4.69) is 0 Å². The van der Waals surface area contributed by atoms with Gasteiger partial charge in [-0.05, 0) is 34.6 Å². The Hall–Kier alpha value is -1.30. The third kappa shape index (κ3) is 4.38. The molecule has 1 saturated heterocycles. The van der Waals surface area contributed by atoms with Crippen LogP contribution >= 0.6 is 0 Å². The van der Waals surface area contributed by atoms with Gasteiger partial charge in [-0.3, -0.25) is 4.79 Å². The number of nitrogens with two attached hydrogens (primary N) is 1. The van der Waals surface area contributed by atoms with Crippen molar-refractivity contribution in [3.63, 3.8) is 0 Å². The number of ether oxygens (including phenoxy) is 1. The summed E-state index contributed by atoms with van der Waals surface area (Å²) in [5.74, 6) is -0.0728. The monoisotopic (exact) mass is 271 g/mol. The predicted molar refractivity (Wildman–Crippen MR) is 72.6 cm³/mol. The number of piperazine rings is 1. The molecular formula is C13H25N3O3. The topological polar surface area (TPSA) is 75.9 Å². The Labute approximate surface area is 114 Å². The fourth-order valence-electron chi connectivity index (χ4n) is 2.04. The Morgan fingerprint density at radius 1 is 1.32 bits per heavy atom. The molecule has 0 aromatic carbocycles. The molecular weight excluding hydrogens is 246 g/mol. The number of hydrogen-bond acceptors (Lipinski definition) is 4. The first-order valence-electron chi connectivity index (χ1n) is 6.66. The average molecular weight is 271 g/mol. The van der Waals surface area contributed by atoms with E-state index in [1.165, 1.54) is 0 Å². The summed E-state index contributed by atoms with van der Waals surface area (Å²) in [6, 6.07) is -0.546. The van der Waals surface area contributed by atoms with Crippen molar-refractivity contribution in [1.82, 2.24) is 9.80 Å². The van der Waals surface area contributed by atoms with Gasteiger partial charge in [0.1, 0.15) is 5.60 Å². The highest BCUT2D eigenvalue weighted by molar-refractivity contribution is 5.82. The zero-order valence-electron chi connectivity index (χ0n) is 12.5. The molecule has 6 heteroatoms. The molecule has 2 N–H and O–H groups in total. The van der Waals surface area contributed by atoms with Crippen LogP contribution in [-0.2, 0) is 9.53 Å². The number of carbonyl (C=O) groups is 2. The third-order valence-corrected chi connectivity index (χ3v) is 2.95. The maximum absolute atomic E-state index is 11.9. The molecule has 0 aromatic rings. The van der Waals surface area contributed by atoms with Crippen LogP contribution in [-0.4, -0.2) is 59.1 Å². The standard InChI is InChI=1S/C13H25N3O3/c1-9-8-15(12(18)19-13(3,4)5)6-7-16(9)11(17)10(2)14/h9-10H,6-8,14H2,1-5H3. The van der Waals surface area contributed by atoms with Crippen LogP contribution in [0.3, 0.4) is 0 Å². The molecule has 1 fully saturated rings. The van der Waals surface area contributed by atoms with Gasteiger partial charge in [0.15, 0.2) is 0 Å². The van der Waals surface area contributed by atoms with Crippen molar-refractivity contribution in [2.75, 3.05) is 19.6 Å². The van der Waals surface area contributed by atoms with Crippen LogP contribution in [0.2, 0.25) is 0 Å². The van der Waals surface area contributed by atoms with Crippen LogP contribution < -0.4 is 5.73 Å². The summed E-state index contributed by atoms with van der Waals surface area (Å²) in [5, 5.41) is 0. The summed E-state index contributed by atoms with van der Waals surface area (Å²) >= 11 is 0. The van der Waals surface area contributed by atoms with Gasteiger partial charge in [0, 0.05) is 25.7 Å². The summed E-state index contributed by atoms with van der Waals surface area (Å²) in [7, 11) is 0. The summed E-state index contributed by atoms with van der Waals surface area (Å²) in [4.78, 5) is 27.2. The summed E-state index contributed by atoms with van der Waals surface area (Å²) in [6.45, 7) is 10.6. The second kappa shape index (κ2) is 5.77. The van der Waals surface area contributed by atoms with Crippen LogP contribution in [0.5, 0.6) is 0 Å². The number of hydrogen-bond donors (Lipinski definition) is 1. The molecule has 19 heavy (non-hydrogen) atoms. The van der Waals surface area contributed by atoms with E-state index in [1.807, 2.05) is 27.7 Å². The largest absolute Gasteiger partial charge is 0.444 e. The molecule has 0 spiro atoms. The molecule has 110 valence electrons. The molecule has 0 aromatic heterocycles. The SMILES string of the molecule is CC(N)C(=O)N1CCN(C(=O)OC(C)(C)C)CC1C. The van der Waals surface area contributed by atoms with Gasteiger partial charge in [-0.15, -0.1) is 0 Å². The van der Waals surface area contributed by atoms with Crippen molar-refractivity contribution in [3.8, 4) is 0 Å². The highest BCUT2D eigenvalue weighted by atomic mass is 16.6. The number of rotatable bonds is 1. The molecule has 2 atom stereocenters. The Bertz CT molecular complexity index is 350. The lowest BCUT2D eigenvalue weighted by atomic mass is 10.1. The van der Waals surface area contributed by atoms with Crippen molar-refractivity contribution < 1.29 is 14.3 Å². The summed E-state index contributed by atoms with van der Waals surface area (Å²) in [6.07, 6.45) is -0.327. The third-order valence-electron chi connectivity index (χ3n) is 2.95. The summed E-state index contributed by atoms with van der Waals surface area (Å²) < 4.78 is 5.33. The molecule has 1 aliphatic heterocycles. The molecule has 2 unspecified atom stereocenters. The fourth-order valence-corrected chi connectivity index (χ4v) is 2.04. The maximum atomic E-state index is 11.9. The molecule has 0 aliphatic carbocycles. The first-order chi connectivity index (χ1) is 8.61. The molecule has 0 bridgehead atoms. The second-order valence-electron chi connectivity index (χ2n) is 6.10. The van der Waals surface area contributed by atoms with Crippen LogP contribution in [0.1, 0.15) is 34.6 Å². The predicted octanol–water partition coefficient (Wildman–Crippen LogP) is 0.801. The van der Waals surface area contributed by atoms with Crippen LogP contribution in [0, 0.1) is 0 Å². The van der Waals surface area contributed by atoms with E-state index in [0.29, 0.717) is 19.6 Å². The zero-order chi connectivity index (χ0) is 14.8. The molecule has 1 aliphatic rings. The lowest BCUT2D eigenvalue weighted by Gasteiger charge is -2.40. The van der Waals surface area contributed by atoms with Gasteiger partial charge in [0.05, 0.1) is 6.04 Å². The van der Waals surface area contributed by atoms with Gasteiger partial charge in [-0.1, -0.05) is 0 Å². The van der Waals surface area contributed by atoms with Gasteiger partial charge in [0.25, 0.3) is 0 Å². The van der Waals surface area contributed by atoms with Crippen LogP contribution in [0.4, 0.5) is 4.79 Å². The molecule has 1 rings (SSSR count). The van der Waals surface area contributed by atoms with E-state index in [9.17, 15) is 9.59 Å². The van der Waals surface area contributed by atoms with E-state index < -0.39 is 11.6 Å². The molecule has 0 saturated carbocycles. The lowest BCUT2D eigenvalue weighted by Crippen LogP contribution is -2.58. The van der Waals surface area contributed by atoms with Crippen molar-refractivity contribution in [3.05, 3.63) is 0 Å². The number of carbonyl (C=O) groups excluding carboxylic acids is 2. The fraction of sp³-hybridized carbons (Fsp3) is 0.846. The Morgan fingerprint density at radius 3 is 2.32 bits per heavy atom. The van der Waals surface area contributed by atoms with Crippen molar-refractivity contribution in [2.45, 2.75) is 52.3 Å². The van der Waals surface area contributed by atoms with Crippen LogP contribution in [0.25, 0.3) is 0 Å². The Morgan fingerprint density at radius 2 is 1.89 bits per heavy atom. The molecule has 1 heterocycles. The van der Waals surface area contributed by atoms with Crippen molar-refractivity contribution in [1.29, 1.82) is 0 Å². The van der Waals surface area contributed by atoms with E-state index in [0.717, 1.165) is 0 Å². The van der Waals surface area contributed by atoms with Gasteiger partial charge < -0.3 is 20.3 Å². The van der Waals surface area contributed by atoms with Gasteiger partial charge in [-0.2, -0.15) is 0 Å². The minimum absolute atomic E-state index is 0.0419. The Kier molecular flexibility index (Phi) is 4.79. The second-order valence-corrected chi connectivity index (χ2v) is 6.10. The first kappa shape index (κ1) is 15.8.